The molecular formula is C19H21FN2O3. The Hall–Kier alpha value is -2.89. The third-order valence-corrected chi connectivity index (χ3v) is 3.60. The van der Waals surface area contributed by atoms with Gasteiger partial charge in [-0.15, -0.1) is 0 Å². The standard InChI is InChI=1S/C19H21FN2O3/c1-3-25-15-10-8-14(9-11-15)13-22(2)18(23)12-21-19(24)16-6-4-5-7-17(16)20/h4-11H,3,12-13H2,1-2H3,(H,21,24). The molecular weight excluding hydrogens is 323 g/mol. The van der Waals surface area contributed by atoms with Gasteiger partial charge >= 0.3 is 0 Å². The number of amides is 2. The van der Waals surface area contributed by atoms with Crippen molar-refractivity contribution in [2.24, 2.45) is 0 Å². The largest absolute Gasteiger partial charge is 0.494 e. The number of nitrogens with one attached hydrogen (secondary N) is 1. The number of rotatable bonds is 7. The molecule has 0 fully saturated rings. The summed E-state index contributed by atoms with van der Waals surface area (Å²) in [6.45, 7) is 2.72. The highest BCUT2D eigenvalue weighted by Crippen LogP contribution is 2.13. The number of hydrogen-bond donors (Lipinski definition) is 1. The van der Waals surface area contributed by atoms with Crippen molar-refractivity contribution in [1.29, 1.82) is 0 Å². The van der Waals surface area contributed by atoms with Crippen molar-refractivity contribution >= 4 is 11.8 Å². The SMILES string of the molecule is CCOc1ccc(CN(C)C(=O)CNC(=O)c2ccccc2F)cc1. The maximum absolute atomic E-state index is 13.5. The van der Waals surface area contributed by atoms with Crippen LogP contribution in [-0.2, 0) is 11.3 Å². The van der Waals surface area contributed by atoms with Crippen molar-refractivity contribution in [2.45, 2.75) is 13.5 Å². The van der Waals surface area contributed by atoms with E-state index in [0.717, 1.165) is 11.3 Å². The van der Waals surface area contributed by atoms with Gasteiger partial charge in [-0.3, -0.25) is 9.59 Å². The van der Waals surface area contributed by atoms with Gasteiger partial charge in [0.05, 0.1) is 18.7 Å². The van der Waals surface area contributed by atoms with E-state index in [1.54, 1.807) is 13.1 Å². The summed E-state index contributed by atoms with van der Waals surface area (Å²) < 4.78 is 18.9. The van der Waals surface area contributed by atoms with Gasteiger partial charge in [0.2, 0.25) is 5.91 Å². The van der Waals surface area contributed by atoms with Crippen molar-refractivity contribution in [2.75, 3.05) is 20.2 Å². The summed E-state index contributed by atoms with van der Waals surface area (Å²) in [5, 5.41) is 2.44. The summed E-state index contributed by atoms with van der Waals surface area (Å²) in [6, 6.07) is 13.1. The van der Waals surface area contributed by atoms with Crippen LogP contribution in [0.5, 0.6) is 5.75 Å². The smallest absolute Gasteiger partial charge is 0.254 e. The molecule has 2 aromatic carbocycles. The highest BCUT2D eigenvalue weighted by Gasteiger charge is 2.14. The third kappa shape index (κ3) is 5.31. The van der Waals surface area contributed by atoms with Gasteiger partial charge in [0, 0.05) is 13.6 Å². The maximum Gasteiger partial charge on any atom is 0.254 e. The molecule has 0 unspecified atom stereocenters. The van der Waals surface area contributed by atoms with Crippen molar-refractivity contribution in [3.05, 3.63) is 65.5 Å². The van der Waals surface area contributed by atoms with Gasteiger partial charge < -0.3 is 15.0 Å². The van der Waals surface area contributed by atoms with Gasteiger partial charge in [-0.05, 0) is 36.8 Å². The van der Waals surface area contributed by atoms with Gasteiger partial charge in [0.15, 0.2) is 0 Å². The normalized spacial score (nSPS) is 10.2. The first-order valence-electron chi connectivity index (χ1n) is 7.99. The average molecular weight is 344 g/mol. The first-order valence-corrected chi connectivity index (χ1v) is 7.99. The number of carbonyl (C=O) groups is 2. The molecule has 0 aliphatic rings. The molecule has 1 N–H and O–H groups in total. The molecule has 2 rings (SSSR count). The number of likely N-dealkylation sites (N-methyl/N-ethyl adjacent to an activating group) is 1. The highest BCUT2D eigenvalue weighted by atomic mass is 19.1. The van der Waals surface area contributed by atoms with E-state index in [1.807, 2.05) is 31.2 Å². The van der Waals surface area contributed by atoms with E-state index >= 15 is 0 Å². The van der Waals surface area contributed by atoms with Gasteiger partial charge in [-0.1, -0.05) is 24.3 Å². The molecule has 0 aliphatic carbocycles. The molecule has 0 saturated carbocycles. The quantitative estimate of drug-likeness (QED) is 0.840. The molecule has 2 aromatic rings. The Bertz CT molecular complexity index is 732. The number of nitrogens with zero attached hydrogens (tertiary/aromatic N) is 1. The summed E-state index contributed by atoms with van der Waals surface area (Å²) in [7, 11) is 1.65. The molecule has 0 aromatic heterocycles. The molecule has 132 valence electrons. The van der Waals surface area contributed by atoms with Crippen molar-refractivity contribution in [3.63, 3.8) is 0 Å². The Kier molecular flexibility index (Phi) is 6.51. The fourth-order valence-electron chi connectivity index (χ4n) is 2.25. The third-order valence-electron chi connectivity index (χ3n) is 3.60. The maximum atomic E-state index is 13.5. The predicted molar refractivity (Wildman–Crippen MR) is 92.8 cm³/mol. The molecule has 25 heavy (non-hydrogen) atoms. The lowest BCUT2D eigenvalue weighted by molar-refractivity contribution is -0.129. The Morgan fingerprint density at radius 1 is 1.12 bits per heavy atom. The summed E-state index contributed by atoms with van der Waals surface area (Å²) in [5.41, 5.74) is 0.865. The van der Waals surface area contributed by atoms with E-state index in [2.05, 4.69) is 5.32 Å². The summed E-state index contributed by atoms with van der Waals surface area (Å²) in [4.78, 5) is 25.5. The van der Waals surface area contributed by atoms with Crippen LogP contribution in [0.15, 0.2) is 48.5 Å². The lowest BCUT2D eigenvalue weighted by Gasteiger charge is -2.18. The number of halogens is 1. The molecule has 0 saturated heterocycles. The van der Waals surface area contributed by atoms with Crippen LogP contribution >= 0.6 is 0 Å². The molecule has 0 heterocycles. The van der Waals surface area contributed by atoms with Crippen LogP contribution in [-0.4, -0.2) is 36.9 Å². The van der Waals surface area contributed by atoms with E-state index in [0.29, 0.717) is 13.2 Å². The zero-order valence-corrected chi connectivity index (χ0v) is 14.3. The molecule has 0 aliphatic heterocycles. The minimum absolute atomic E-state index is 0.0792. The molecule has 6 heteroatoms. The van der Waals surface area contributed by atoms with E-state index < -0.39 is 11.7 Å². The highest BCUT2D eigenvalue weighted by molar-refractivity contribution is 5.96. The number of ether oxygens (including phenoxy) is 1. The van der Waals surface area contributed by atoms with Crippen LogP contribution in [0.25, 0.3) is 0 Å². The second-order valence-electron chi connectivity index (χ2n) is 5.49. The Labute approximate surface area is 146 Å². The Balaban J connectivity index is 1.85. The average Bonchev–Trinajstić information content (AvgIpc) is 2.61. The topological polar surface area (TPSA) is 58.6 Å². The second kappa shape index (κ2) is 8.82. The molecule has 5 nitrogen and oxygen atoms in total. The van der Waals surface area contributed by atoms with Crippen LogP contribution in [0.1, 0.15) is 22.8 Å². The molecule has 0 bridgehead atoms. The fraction of sp³-hybridized carbons (Fsp3) is 0.263. The summed E-state index contributed by atoms with van der Waals surface area (Å²) >= 11 is 0. The van der Waals surface area contributed by atoms with Crippen molar-refractivity contribution in [1.82, 2.24) is 10.2 Å². The van der Waals surface area contributed by atoms with E-state index in [1.165, 1.54) is 23.1 Å². The molecule has 0 spiro atoms. The fourth-order valence-corrected chi connectivity index (χ4v) is 2.25. The Morgan fingerprint density at radius 3 is 2.44 bits per heavy atom. The van der Waals surface area contributed by atoms with E-state index in [9.17, 15) is 14.0 Å². The monoisotopic (exact) mass is 344 g/mol. The number of carbonyl (C=O) groups excluding carboxylic acids is 2. The van der Waals surface area contributed by atoms with Crippen LogP contribution in [0.2, 0.25) is 0 Å². The van der Waals surface area contributed by atoms with Gasteiger partial charge in [-0.25, -0.2) is 4.39 Å². The molecule has 2 amide bonds. The summed E-state index contributed by atoms with van der Waals surface area (Å²) in [5.74, 6) is -0.716. The predicted octanol–water partition coefficient (Wildman–Crippen LogP) is 2.61. The first kappa shape index (κ1) is 18.4. The lowest BCUT2D eigenvalue weighted by atomic mass is 10.2. The minimum atomic E-state index is -0.616. The Morgan fingerprint density at radius 2 is 1.80 bits per heavy atom. The van der Waals surface area contributed by atoms with Crippen molar-refractivity contribution < 1.29 is 18.7 Å². The van der Waals surface area contributed by atoms with Crippen molar-refractivity contribution in [3.8, 4) is 5.75 Å². The van der Waals surface area contributed by atoms with Crippen LogP contribution in [0.4, 0.5) is 4.39 Å². The minimum Gasteiger partial charge on any atom is -0.494 e. The van der Waals surface area contributed by atoms with Crippen LogP contribution < -0.4 is 10.1 Å². The van der Waals surface area contributed by atoms with E-state index in [4.69, 9.17) is 4.74 Å². The zero-order chi connectivity index (χ0) is 18.2. The van der Waals surface area contributed by atoms with E-state index in [-0.39, 0.29) is 18.0 Å². The van der Waals surface area contributed by atoms with Gasteiger partial charge in [0.25, 0.3) is 5.91 Å². The lowest BCUT2D eigenvalue weighted by Crippen LogP contribution is -2.38. The zero-order valence-electron chi connectivity index (χ0n) is 14.3. The first-order chi connectivity index (χ1) is 12.0. The van der Waals surface area contributed by atoms with Gasteiger partial charge in [0.1, 0.15) is 11.6 Å². The summed E-state index contributed by atoms with van der Waals surface area (Å²) in [6.07, 6.45) is 0. The molecule has 0 radical (unpaired) electrons. The number of hydrogen-bond acceptors (Lipinski definition) is 3. The van der Waals surface area contributed by atoms with Crippen LogP contribution in [0, 0.1) is 5.82 Å². The molecule has 0 atom stereocenters. The van der Waals surface area contributed by atoms with Crippen LogP contribution in [0.3, 0.4) is 0 Å². The van der Waals surface area contributed by atoms with Gasteiger partial charge in [-0.2, -0.15) is 0 Å². The number of benzene rings is 2. The second-order valence-corrected chi connectivity index (χ2v) is 5.49.